The number of nitrogens with zero attached hydrogens (tertiary/aromatic N) is 1. The first-order valence-corrected chi connectivity index (χ1v) is 5.65. The van der Waals surface area contributed by atoms with Crippen molar-refractivity contribution in [2.24, 2.45) is 5.10 Å². The largest absolute Gasteiger partial charge is 0.496 e. The van der Waals surface area contributed by atoms with Crippen LogP contribution in [0.3, 0.4) is 0 Å². The molecule has 0 saturated heterocycles. The van der Waals surface area contributed by atoms with E-state index in [0.29, 0.717) is 11.3 Å². The van der Waals surface area contributed by atoms with Crippen molar-refractivity contribution in [2.75, 3.05) is 7.11 Å². The van der Waals surface area contributed by atoms with E-state index < -0.39 is 0 Å². The Morgan fingerprint density at radius 2 is 2.12 bits per heavy atom. The zero-order valence-electron chi connectivity index (χ0n) is 10.5. The van der Waals surface area contributed by atoms with Crippen molar-refractivity contribution >= 4 is 11.6 Å². The Balaban J connectivity index is 2.73. The molecule has 0 saturated carbocycles. The number of methoxy groups -OCH3 is 1. The third-order valence-corrected chi connectivity index (χ3v) is 2.31. The molecule has 4 nitrogen and oxygen atoms in total. The monoisotopic (exact) mass is 234 g/mol. The second-order valence-electron chi connectivity index (χ2n) is 3.74. The summed E-state index contributed by atoms with van der Waals surface area (Å²) in [5.41, 5.74) is 3.93. The second kappa shape index (κ2) is 6.68. The zero-order chi connectivity index (χ0) is 12.7. The lowest BCUT2D eigenvalue weighted by Gasteiger charge is -2.06. The van der Waals surface area contributed by atoms with Crippen LogP contribution >= 0.6 is 0 Å². The fraction of sp³-hybridized carbons (Fsp3) is 0.385. The van der Waals surface area contributed by atoms with Gasteiger partial charge in [-0.05, 0) is 25.5 Å². The van der Waals surface area contributed by atoms with Crippen LogP contribution in [0.2, 0.25) is 0 Å². The van der Waals surface area contributed by atoms with Gasteiger partial charge in [-0.25, -0.2) is 5.43 Å². The van der Waals surface area contributed by atoms with Crippen molar-refractivity contribution in [2.45, 2.75) is 26.7 Å². The summed E-state index contributed by atoms with van der Waals surface area (Å²) in [5.74, 6) is 0.297. The number of hydrogen-bond acceptors (Lipinski definition) is 3. The Bertz CT molecular complexity index is 414. The van der Waals surface area contributed by atoms with Crippen LogP contribution in [0.25, 0.3) is 0 Å². The first-order valence-electron chi connectivity index (χ1n) is 5.65. The lowest BCUT2D eigenvalue weighted by molar-refractivity contribution is 0.0951. The highest BCUT2D eigenvalue weighted by Crippen LogP contribution is 2.16. The number of rotatable bonds is 5. The van der Waals surface area contributed by atoms with Crippen molar-refractivity contribution in [3.8, 4) is 5.75 Å². The minimum Gasteiger partial charge on any atom is -0.496 e. The summed E-state index contributed by atoms with van der Waals surface area (Å²) in [6.45, 7) is 3.97. The standard InChI is InChI=1S/C13H18N2O2/c1-4-7-10(2)14-15-13(16)11-8-5-6-9-12(11)17-3/h5-6,8-9H,4,7H2,1-3H3,(H,15,16). The number of benzene rings is 1. The minimum atomic E-state index is -0.252. The maximum atomic E-state index is 11.8. The molecule has 1 N–H and O–H groups in total. The van der Waals surface area contributed by atoms with Crippen molar-refractivity contribution < 1.29 is 9.53 Å². The summed E-state index contributed by atoms with van der Waals surface area (Å²) in [6, 6.07) is 7.07. The summed E-state index contributed by atoms with van der Waals surface area (Å²) in [4.78, 5) is 11.8. The van der Waals surface area contributed by atoms with Crippen LogP contribution in [0.1, 0.15) is 37.0 Å². The Labute approximate surface area is 102 Å². The average molecular weight is 234 g/mol. The van der Waals surface area contributed by atoms with Crippen LogP contribution in [0.15, 0.2) is 29.4 Å². The molecule has 0 unspecified atom stereocenters. The minimum absolute atomic E-state index is 0.252. The number of carbonyl (C=O) groups is 1. The van der Waals surface area contributed by atoms with Gasteiger partial charge in [0, 0.05) is 5.71 Å². The van der Waals surface area contributed by atoms with Crippen LogP contribution in [0.4, 0.5) is 0 Å². The highest BCUT2D eigenvalue weighted by Gasteiger charge is 2.10. The predicted molar refractivity (Wildman–Crippen MR) is 68.5 cm³/mol. The van der Waals surface area contributed by atoms with Gasteiger partial charge < -0.3 is 4.74 Å². The van der Waals surface area contributed by atoms with Crippen LogP contribution in [-0.4, -0.2) is 18.7 Å². The Morgan fingerprint density at radius 1 is 1.41 bits per heavy atom. The number of carbonyl (C=O) groups excluding carboxylic acids is 1. The Kier molecular flexibility index (Phi) is 5.20. The van der Waals surface area contributed by atoms with E-state index in [-0.39, 0.29) is 5.91 Å². The number of ether oxygens (including phenoxy) is 1. The summed E-state index contributed by atoms with van der Waals surface area (Å²) in [6.07, 6.45) is 1.89. The first-order chi connectivity index (χ1) is 8.19. The predicted octanol–water partition coefficient (Wildman–Crippen LogP) is 2.60. The molecule has 0 aliphatic carbocycles. The molecule has 0 aliphatic rings. The van der Waals surface area contributed by atoms with Crippen LogP contribution in [-0.2, 0) is 0 Å². The molecular formula is C13H18N2O2. The number of hydrogen-bond donors (Lipinski definition) is 1. The van der Waals surface area contributed by atoms with Gasteiger partial charge in [-0.1, -0.05) is 25.5 Å². The molecule has 0 spiro atoms. The Morgan fingerprint density at radius 3 is 2.76 bits per heavy atom. The van der Waals surface area contributed by atoms with Crippen LogP contribution in [0, 0.1) is 0 Å². The van der Waals surface area contributed by atoms with Crippen molar-refractivity contribution in [3.05, 3.63) is 29.8 Å². The van der Waals surface area contributed by atoms with Gasteiger partial charge in [0.15, 0.2) is 0 Å². The molecule has 0 radical (unpaired) electrons. The van der Waals surface area contributed by atoms with Crippen LogP contribution < -0.4 is 10.2 Å². The topological polar surface area (TPSA) is 50.7 Å². The molecule has 0 aromatic heterocycles. The summed E-state index contributed by atoms with van der Waals surface area (Å²) in [7, 11) is 1.54. The number of para-hydroxylation sites is 1. The molecular weight excluding hydrogens is 216 g/mol. The van der Waals surface area contributed by atoms with Crippen molar-refractivity contribution in [3.63, 3.8) is 0 Å². The highest BCUT2D eigenvalue weighted by atomic mass is 16.5. The molecule has 4 heteroatoms. The molecule has 0 aliphatic heterocycles. The van der Waals surface area contributed by atoms with E-state index in [1.165, 1.54) is 7.11 Å². The first kappa shape index (κ1) is 13.2. The van der Waals surface area contributed by atoms with Crippen molar-refractivity contribution in [1.29, 1.82) is 0 Å². The summed E-state index contributed by atoms with van der Waals surface area (Å²) in [5, 5.41) is 4.03. The smallest absolute Gasteiger partial charge is 0.275 e. The number of amides is 1. The zero-order valence-corrected chi connectivity index (χ0v) is 10.5. The molecule has 92 valence electrons. The lowest BCUT2D eigenvalue weighted by atomic mass is 10.2. The average Bonchev–Trinajstić information content (AvgIpc) is 2.36. The van der Waals surface area contributed by atoms with E-state index in [2.05, 4.69) is 17.5 Å². The summed E-state index contributed by atoms with van der Waals surface area (Å²) >= 11 is 0. The van der Waals surface area contributed by atoms with E-state index in [1.54, 1.807) is 18.2 Å². The molecule has 0 bridgehead atoms. The molecule has 1 amide bonds. The molecule has 0 atom stereocenters. The normalized spacial score (nSPS) is 11.1. The lowest BCUT2D eigenvalue weighted by Crippen LogP contribution is -2.19. The second-order valence-corrected chi connectivity index (χ2v) is 3.74. The van der Waals surface area contributed by atoms with Gasteiger partial charge in [-0.2, -0.15) is 5.10 Å². The van der Waals surface area contributed by atoms with E-state index in [1.807, 2.05) is 13.0 Å². The third-order valence-electron chi connectivity index (χ3n) is 2.31. The Hall–Kier alpha value is -1.84. The van der Waals surface area contributed by atoms with E-state index in [9.17, 15) is 4.79 Å². The van der Waals surface area contributed by atoms with Gasteiger partial charge in [0.1, 0.15) is 5.75 Å². The molecule has 17 heavy (non-hydrogen) atoms. The van der Waals surface area contributed by atoms with E-state index in [0.717, 1.165) is 18.6 Å². The molecule has 0 heterocycles. The summed E-state index contributed by atoms with van der Waals surface area (Å²) < 4.78 is 5.11. The van der Waals surface area contributed by atoms with E-state index in [4.69, 9.17) is 4.74 Å². The van der Waals surface area contributed by atoms with Gasteiger partial charge in [-0.3, -0.25) is 4.79 Å². The fourth-order valence-electron chi connectivity index (χ4n) is 1.46. The molecule has 1 aromatic rings. The van der Waals surface area contributed by atoms with Gasteiger partial charge in [0.25, 0.3) is 5.91 Å². The molecule has 1 aromatic carbocycles. The van der Waals surface area contributed by atoms with Gasteiger partial charge in [-0.15, -0.1) is 0 Å². The van der Waals surface area contributed by atoms with Gasteiger partial charge >= 0.3 is 0 Å². The SMILES string of the molecule is CCCC(C)=NNC(=O)c1ccccc1OC. The highest BCUT2D eigenvalue weighted by molar-refractivity contribution is 5.97. The maximum absolute atomic E-state index is 11.8. The van der Waals surface area contributed by atoms with Gasteiger partial charge in [0.2, 0.25) is 0 Å². The fourth-order valence-corrected chi connectivity index (χ4v) is 1.46. The number of nitrogens with one attached hydrogen (secondary N) is 1. The third kappa shape index (κ3) is 3.90. The van der Waals surface area contributed by atoms with Crippen LogP contribution in [0.5, 0.6) is 5.75 Å². The quantitative estimate of drug-likeness (QED) is 0.629. The molecule has 1 rings (SSSR count). The number of hydrazone groups is 1. The van der Waals surface area contributed by atoms with Gasteiger partial charge in [0.05, 0.1) is 12.7 Å². The van der Waals surface area contributed by atoms with Crippen molar-refractivity contribution in [1.82, 2.24) is 5.43 Å². The van der Waals surface area contributed by atoms with E-state index >= 15 is 0 Å². The maximum Gasteiger partial charge on any atom is 0.275 e. The molecule has 0 fully saturated rings.